The number of nitro groups is 1. The van der Waals surface area contributed by atoms with Crippen molar-refractivity contribution >= 4 is 21.5 Å². The minimum atomic E-state index is -0.432. The molecule has 7 nitrogen and oxygen atoms in total. The molecule has 0 aliphatic carbocycles. The quantitative estimate of drug-likeness (QED) is 0.692. The maximum Gasteiger partial charge on any atom is 0.345 e. The van der Waals surface area contributed by atoms with Crippen LogP contribution in [0.5, 0.6) is 0 Å². The van der Waals surface area contributed by atoms with Gasteiger partial charge in [0, 0.05) is 18.8 Å². The molecule has 108 valence electrons. The van der Waals surface area contributed by atoms with E-state index in [0.717, 1.165) is 16.9 Å². The molecule has 0 aliphatic rings. The van der Waals surface area contributed by atoms with Gasteiger partial charge in [0.25, 0.3) is 0 Å². The van der Waals surface area contributed by atoms with Crippen LogP contribution in [0, 0.1) is 15.5 Å². The van der Waals surface area contributed by atoms with Crippen LogP contribution in [0.2, 0.25) is 0 Å². The number of nitrogens with one attached hydrogen (secondary N) is 1. The normalized spacial score (nSPS) is 13.2. The van der Waals surface area contributed by atoms with Gasteiger partial charge in [-0.15, -0.1) is 0 Å². The highest BCUT2D eigenvalue weighted by Gasteiger charge is 2.28. The van der Waals surface area contributed by atoms with Crippen molar-refractivity contribution in [1.29, 1.82) is 0 Å². The lowest BCUT2D eigenvalue weighted by Gasteiger charge is -2.30. The Hall–Kier alpha value is -1.96. The summed E-state index contributed by atoms with van der Waals surface area (Å²) < 4.78 is 1.74. The first kappa shape index (κ1) is 14.4. The highest BCUT2D eigenvalue weighted by molar-refractivity contribution is 7.18. The van der Waals surface area contributed by atoms with Gasteiger partial charge in [0.1, 0.15) is 6.20 Å². The summed E-state index contributed by atoms with van der Waals surface area (Å²) in [5.41, 5.74) is 0.946. The first-order valence-electron chi connectivity index (χ1n) is 6.12. The summed E-state index contributed by atoms with van der Waals surface area (Å²) in [6, 6.07) is -0.0260. The van der Waals surface area contributed by atoms with Crippen LogP contribution in [0.1, 0.15) is 32.4 Å². The molecular formula is C12H17N5O2S. The maximum absolute atomic E-state index is 10.7. The van der Waals surface area contributed by atoms with Crippen molar-refractivity contribution in [3.63, 3.8) is 0 Å². The SMILES string of the molecule is Cn1cc([C@@H](Nc2ncc([N+](=O)[O-])s2)C(C)(C)C)cn1. The molecule has 0 aliphatic heterocycles. The van der Waals surface area contributed by atoms with E-state index in [1.807, 2.05) is 13.2 Å². The molecule has 0 saturated carbocycles. The van der Waals surface area contributed by atoms with E-state index in [0.29, 0.717) is 5.13 Å². The fourth-order valence-electron chi connectivity index (χ4n) is 1.93. The van der Waals surface area contributed by atoms with Gasteiger partial charge >= 0.3 is 5.00 Å². The summed E-state index contributed by atoms with van der Waals surface area (Å²) in [4.78, 5) is 14.3. The van der Waals surface area contributed by atoms with Gasteiger partial charge in [-0.1, -0.05) is 20.8 Å². The van der Waals surface area contributed by atoms with Gasteiger partial charge in [-0.2, -0.15) is 5.10 Å². The molecule has 0 fully saturated rings. The number of aromatic nitrogens is 3. The van der Waals surface area contributed by atoms with E-state index < -0.39 is 4.92 Å². The van der Waals surface area contributed by atoms with E-state index >= 15 is 0 Å². The van der Waals surface area contributed by atoms with Gasteiger partial charge in [0.15, 0.2) is 5.13 Å². The summed E-state index contributed by atoms with van der Waals surface area (Å²) in [7, 11) is 1.86. The molecule has 1 atom stereocenters. The van der Waals surface area contributed by atoms with Crippen molar-refractivity contribution in [1.82, 2.24) is 14.8 Å². The predicted octanol–water partition coefficient (Wildman–Crippen LogP) is 2.98. The minimum Gasteiger partial charge on any atom is -0.354 e. The Morgan fingerprint density at radius 3 is 2.60 bits per heavy atom. The van der Waals surface area contributed by atoms with Gasteiger partial charge in [-0.05, 0) is 16.8 Å². The third-order valence-corrected chi connectivity index (χ3v) is 3.75. The molecule has 20 heavy (non-hydrogen) atoms. The molecule has 2 rings (SSSR count). The highest BCUT2D eigenvalue weighted by atomic mass is 32.1. The van der Waals surface area contributed by atoms with Crippen LogP contribution >= 0.6 is 11.3 Å². The second kappa shape index (κ2) is 5.20. The second-order valence-electron chi connectivity index (χ2n) is 5.65. The van der Waals surface area contributed by atoms with E-state index in [1.54, 1.807) is 10.9 Å². The van der Waals surface area contributed by atoms with Gasteiger partial charge in [-0.3, -0.25) is 14.8 Å². The Kier molecular flexibility index (Phi) is 3.76. The van der Waals surface area contributed by atoms with Crippen LogP contribution in [0.4, 0.5) is 10.1 Å². The van der Waals surface area contributed by atoms with Crippen molar-refractivity contribution in [3.8, 4) is 0 Å². The van der Waals surface area contributed by atoms with Crippen molar-refractivity contribution < 1.29 is 4.92 Å². The Morgan fingerprint density at radius 1 is 1.45 bits per heavy atom. The zero-order valence-electron chi connectivity index (χ0n) is 11.8. The maximum atomic E-state index is 10.7. The molecule has 0 aromatic carbocycles. The number of anilines is 1. The van der Waals surface area contributed by atoms with Crippen LogP contribution in [-0.4, -0.2) is 19.7 Å². The van der Waals surface area contributed by atoms with Crippen LogP contribution in [-0.2, 0) is 7.05 Å². The number of hydrogen-bond acceptors (Lipinski definition) is 6. The standard InChI is InChI=1S/C12H17N5O2S/c1-12(2,3)10(8-5-14-16(4)7-8)15-11-13-6-9(20-11)17(18)19/h5-7,10H,1-4H3,(H,13,15)/t10-/m1/s1. The molecule has 1 N–H and O–H groups in total. The number of hydrogen-bond donors (Lipinski definition) is 1. The third kappa shape index (κ3) is 3.13. The zero-order chi connectivity index (χ0) is 14.9. The lowest BCUT2D eigenvalue weighted by Crippen LogP contribution is -2.25. The van der Waals surface area contributed by atoms with Crippen LogP contribution in [0.15, 0.2) is 18.6 Å². The van der Waals surface area contributed by atoms with Gasteiger partial charge in [0.05, 0.1) is 17.2 Å². The summed E-state index contributed by atoms with van der Waals surface area (Å²) in [6.45, 7) is 6.29. The first-order chi connectivity index (χ1) is 9.27. The molecule has 2 heterocycles. The third-order valence-electron chi connectivity index (χ3n) is 2.87. The van der Waals surface area contributed by atoms with E-state index in [-0.39, 0.29) is 16.5 Å². The van der Waals surface area contributed by atoms with Crippen molar-refractivity contribution in [2.75, 3.05) is 5.32 Å². The van der Waals surface area contributed by atoms with Crippen molar-refractivity contribution in [3.05, 3.63) is 34.3 Å². The Bertz CT molecular complexity index is 613. The fraction of sp³-hybridized carbons (Fsp3) is 0.500. The number of aryl methyl sites for hydroxylation is 1. The summed E-state index contributed by atoms with van der Waals surface area (Å²) in [5, 5.41) is 18.7. The molecule has 8 heteroatoms. The molecule has 0 radical (unpaired) electrons. The Balaban J connectivity index is 2.26. The predicted molar refractivity (Wildman–Crippen MR) is 77.8 cm³/mol. The average molecular weight is 295 g/mol. The number of nitrogens with zero attached hydrogens (tertiary/aromatic N) is 4. The van der Waals surface area contributed by atoms with Crippen LogP contribution in [0.25, 0.3) is 0 Å². The number of rotatable bonds is 4. The van der Waals surface area contributed by atoms with E-state index in [9.17, 15) is 10.1 Å². The molecule has 2 aromatic heterocycles. The van der Waals surface area contributed by atoms with Gasteiger partial charge < -0.3 is 5.32 Å². The van der Waals surface area contributed by atoms with E-state index in [4.69, 9.17) is 0 Å². The largest absolute Gasteiger partial charge is 0.354 e. The lowest BCUT2D eigenvalue weighted by atomic mass is 9.83. The van der Waals surface area contributed by atoms with Crippen LogP contribution < -0.4 is 5.32 Å². The topological polar surface area (TPSA) is 85.9 Å². The van der Waals surface area contributed by atoms with E-state index in [2.05, 4.69) is 36.2 Å². The Morgan fingerprint density at radius 2 is 2.15 bits per heavy atom. The molecule has 2 aromatic rings. The van der Waals surface area contributed by atoms with Crippen molar-refractivity contribution in [2.24, 2.45) is 12.5 Å². The minimum absolute atomic E-state index is 0.0260. The fourth-order valence-corrected chi connectivity index (χ4v) is 2.59. The van der Waals surface area contributed by atoms with Crippen LogP contribution in [0.3, 0.4) is 0 Å². The van der Waals surface area contributed by atoms with Gasteiger partial charge in [-0.25, -0.2) is 4.98 Å². The smallest absolute Gasteiger partial charge is 0.345 e. The summed E-state index contributed by atoms with van der Waals surface area (Å²) in [6.07, 6.45) is 5.01. The molecular weight excluding hydrogens is 278 g/mol. The zero-order valence-corrected chi connectivity index (χ0v) is 12.6. The average Bonchev–Trinajstić information content (AvgIpc) is 2.93. The molecule has 0 saturated heterocycles. The van der Waals surface area contributed by atoms with E-state index in [1.165, 1.54) is 6.20 Å². The molecule has 0 spiro atoms. The summed E-state index contributed by atoms with van der Waals surface area (Å²) >= 11 is 1.04. The van der Waals surface area contributed by atoms with Gasteiger partial charge in [0.2, 0.25) is 0 Å². The highest BCUT2D eigenvalue weighted by Crippen LogP contribution is 2.37. The first-order valence-corrected chi connectivity index (χ1v) is 6.94. The number of thiazole rings is 1. The lowest BCUT2D eigenvalue weighted by molar-refractivity contribution is -0.380. The summed E-state index contributed by atoms with van der Waals surface area (Å²) in [5.74, 6) is 0. The Labute approximate surface area is 120 Å². The second-order valence-corrected chi connectivity index (χ2v) is 6.66. The molecule has 0 unspecified atom stereocenters. The molecule has 0 amide bonds. The molecule has 0 bridgehead atoms. The monoisotopic (exact) mass is 295 g/mol. The van der Waals surface area contributed by atoms with Crippen molar-refractivity contribution in [2.45, 2.75) is 26.8 Å².